The minimum atomic E-state index is -0.849. The Morgan fingerprint density at radius 1 is 1.20 bits per heavy atom. The molecule has 4 aliphatic rings. The molecule has 0 aromatic heterocycles. The number of aliphatic hydroxyl groups is 1. The number of ketones is 1. The first kappa shape index (κ1) is 40.1. The fraction of sp³-hybridized carbons (Fsp3) is 0.561. The Morgan fingerprint density at radius 2 is 2.07 bits per heavy atom. The van der Waals surface area contributed by atoms with Gasteiger partial charge in [-0.15, -0.1) is 0 Å². The van der Waals surface area contributed by atoms with Gasteiger partial charge in [-0.2, -0.15) is 0 Å². The summed E-state index contributed by atoms with van der Waals surface area (Å²) in [5, 5.41) is 30.9. The van der Waals surface area contributed by atoms with Gasteiger partial charge < -0.3 is 45.1 Å². The number of phenols is 1. The van der Waals surface area contributed by atoms with Crippen molar-refractivity contribution in [1.29, 1.82) is 0 Å². The number of hydrogen-bond donors (Lipinski definition) is 5. The van der Waals surface area contributed by atoms with Crippen molar-refractivity contribution in [3.05, 3.63) is 53.6 Å². The predicted molar refractivity (Wildman–Crippen MR) is 216 cm³/mol. The van der Waals surface area contributed by atoms with Crippen molar-refractivity contribution < 1.29 is 34.0 Å². The minimum Gasteiger partial charge on any atom is -0.504 e. The number of hydrogen-bond acceptors (Lipinski definition) is 11. The van der Waals surface area contributed by atoms with Crippen LogP contribution in [0.5, 0.6) is 23.0 Å². The van der Waals surface area contributed by atoms with Crippen molar-refractivity contribution >= 4 is 39.0 Å². The van der Waals surface area contributed by atoms with E-state index in [-0.39, 0.29) is 29.3 Å². The maximum atomic E-state index is 14.4. The second-order valence-corrected chi connectivity index (χ2v) is 17.4. The summed E-state index contributed by atoms with van der Waals surface area (Å²) in [7, 11) is 10.2. The highest BCUT2D eigenvalue weighted by Crippen LogP contribution is 2.51. The molecule has 6 unspecified atom stereocenters. The summed E-state index contributed by atoms with van der Waals surface area (Å²) in [6.07, 6.45) is 13.3. The lowest BCUT2D eigenvalue weighted by Crippen LogP contribution is -2.43. The maximum Gasteiger partial charge on any atom is 0.205 e. The van der Waals surface area contributed by atoms with Gasteiger partial charge in [0.1, 0.15) is 11.7 Å². The van der Waals surface area contributed by atoms with Crippen LogP contribution in [0.25, 0.3) is 0 Å². The highest BCUT2D eigenvalue weighted by Gasteiger charge is 2.49. The number of aliphatic hydroxyl groups excluding tert-OH is 1. The van der Waals surface area contributed by atoms with Gasteiger partial charge in [0.15, 0.2) is 35.3 Å². The van der Waals surface area contributed by atoms with Crippen LogP contribution in [-0.4, -0.2) is 80.3 Å². The molecule has 0 amide bonds. The summed E-state index contributed by atoms with van der Waals surface area (Å²) in [6.45, 7) is 0.617. The summed E-state index contributed by atoms with van der Waals surface area (Å²) in [5.74, 6) is 7.60. The van der Waals surface area contributed by atoms with Gasteiger partial charge in [0.05, 0.1) is 18.7 Å². The van der Waals surface area contributed by atoms with Gasteiger partial charge in [-0.3, -0.25) is 9.79 Å². The lowest BCUT2D eigenvalue weighted by Gasteiger charge is -2.33. The first-order valence-electron chi connectivity index (χ1n) is 18.9. The number of anilines is 1. The van der Waals surface area contributed by atoms with Crippen LogP contribution in [0.15, 0.2) is 47.5 Å². The van der Waals surface area contributed by atoms with Crippen LogP contribution in [0.2, 0.25) is 0 Å². The third-order valence-electron chi connectivity index (χ3n) is 11.4. The van der Waals surface area contributed by atoms with Crippen LogP contribution >= 0.6 is 21.6 Å². The molecule has 6 rings (SSSR count). The molecule has 2 aliphatic carbocycles. The summed E-state index contributed by atoms with van der Waals surface area (Å²) < 4.78 is 23.9. The molecule has 13 heteroatoms. The highest BCUT2D eigenvalue weighted by molar-refractivity contribution is 8.76. The van der Waals surface area contributed by atoms with Crippen molar-refractivity contribution in [3.63, 3.8) is 0 Å². The average molecular weight is 779 g/mol. The number of aliphatic imine (C=N–C) groups is 1. The van der Waals surface area contributed by atoms with Gasteiger partial charge in [0.2, 0.25) is 5.75 Å². The fourth-order valence-electron chi connectivity index (χ4n) is 8.81. The number of carbonyl (C=O) groups excluding carboxylic acids is 1. The van der Waals surface area contributed by atoms with E-state index in [4.69, 9.17) is 18.9 Å². The van der Waals surface area contributed by atoms with Gasteiger partial charge in [0, 0.05) is 44.7 Å². The van der Waals surface area contributed by atoms with Crippen LogP contribution in [0.3, 0.4) is 0 Å². The van der Waals surface area contributed by atoms with Crippen LogP contribution in [0.4, 0.5) is 5.69 Å². The third kappa shape index (κ3) is 9.28. The lowest BCUT2D eigenvalue weighted by atomic mass is 9.70. The van der Waals surface area contributed by atoms with E-state index in [1.165, 1.54) is 7.11 Å². The molecule has 2 aromatic rings. The van der Waals surface area contributed by atoms with E-state index in [9.17, 15) is 15.0 Å². The van der Waals surface area contributed by atoms with Crippen LogP contribution < -0.4 is 30.2 Å². The summed E-state index contributed by atoms with van der Waals surface area (Å²) >= 11 is 0. The van der Waals surface area contributed by atoms with E-state index in [0.29, 0.717) is 73.4 Å². The Balaban J connectivity index is 1.32. The first-order valence-corrected chi connectivity index (χ1v) is 21.3. The number of fused-ring (bicyclic) bond motifs is 7. The summed E-state index contributed by atoms with van der Waals surface area (Å²) in [4.78, 5) is 18.9. The molecule has 5 N–H and O–H groups in total. The average Bonchev–Trinajstić information content (AvgIpc) is 3.72. The minimum absolute atomic E-state index is 0.0917. The zero-order valence-corrected chi connectivity index (χ0v) is 33.4. The van der Waals surface area contributed by atoms with E-state index < -0.39 is 17.3 Å². The molecule has 0 spiro atoms. The molecule has 54 heavy (non-hydrogen) atoms. The fourth-order valence-corrected chi connectivity index (χ4v) is 11.0. The van der Waals surface area contributed by atoms with Crippen molar-refractivity contribution in [2.45, 2.75) is 76.1 Å². The van der Waals surface area contributed by atoms with Crippen molar-refractivity contribution in [2.75, 3.05) is 51.8 Å². The SMILES string of the molecule is CN=C1NCSSCC2CCCC2(Cc2ccc(O)c(OC)c2)C(=O)C=CCCc2cc(c3c(c2)OC2(CNC)CC(CC#CO3)C(CC(O)OC)C2)N1. The number of phenolic OH excluding ortho intramolecular Hbond substituents is 1. The van der Waals surface area contributed by atoms with Crippen LogP contribution in [-0.2, 0) is 22.4 Å². The van der Waals surface area contributed by atoms with E-state index in [1.54, 1.807) is 47.9 Å². The molecular formula is C41H54N4O7S2. The van der Waals surface area contributed by atoms with Crippen LogP contribution in [0.1, 0.15) is 62.5 Å². The molecular weight excluding hydrogens is 725 g/mol. The Hall–Kier alpha value is -3.54. The van der Waals surface area contributed by atoms with Gasteiger partial charge in [-0.05, 0) is 111 Å². The normalized spacial score (nSPS) is 28.5. The Labute approximate surface area is 327 Å². The quantitative estimate of drug-likeness (QED) is 0.117. The zero-order valence-electron chi connectivity index (χ0n) is 31.7. The molecule has 2 aliphatic heterocycles. The lowest BCUT2D eigenvalue weighted by molar-refractivity contribution is -0.125. The molecule has 2 saturated carbocycles. The summed E-state index contributed by atoms with van der Waals surface area (Å²) in [5.41, 5.74) is 1.59. The van der Waals surface area contributed by atoms with Crippen molar-refractivity contribution in [3.8, 4) is 35.0 Å². The second kappa shape index (κ2) is 18.4. The van der Waals surface area contributed by atoms with Crippen molar-refractivity contribution in [2.24, 2.45) is 28.2 Å². The molecule has 2 heterocycles. The second-order valence-electron chi connectivity index (χ2n) is 14.9. The molecule has 2 fully saturated rings. The Morgan fingerprint density at radius 3 is 2.87 bits per heavy atom. The highest BCUT2D eigenvalue weighted by atomic mass is 33.1. The van der Waals surface area contributed by atoms with E-state index in [1.807, 2.05) is 37.4 Å². The predicted octanol–water partition coefficient (Wildman–Crippen LogP) is 6.29. The molecule has 0 saturated heterocycles. The number of likely N-dealkylation sites (N-methyl/N-ethyl adjacent to an activating group) is 1. The number of methoxy groups -OCH3 is 2. The molecule has 292 valence electrons. The number of aromatic hydroxyl groups is 1. The number of guanidine groups is 1. The number of nitrogens with one attached hydrogen (secondary N) is 3. The van der Waals surface area contributed by atoms with Gasteiger partial charge in [-0.1, -0.05) is 46.1 Å². The Bertz CT molecular complexity index is 1760. The topological polar surface area (TPSA) is 143 Å². The third-order valence-corrected chi connectivity index (χ3v) is 13.7. The smallest absolute Gasteiger partial charge is 0.205 e. The zero-order chi connectivity index (χ0) is 38.1. The maximum absolute atomic E-state index is 14.4. The standard InChI is InChI=1S/C41H54N4O7S2/c1-42-25-40-22-29(30(23-40)20-37(48)50-4)10-8-16-51-38-32-17-27(18-35(38)52-40)9-5-6-12-36(47)41(21-28-13-14-33(46)34(19-28)49-3)15-7-11-31(41)24-53-54-26-44-39(43-2)45-32/h6,12-14,17-19,29-31,37,42,46,48H,5,7,9-11,15,20-26H2,1-4H3,(H2,43,44,45). The van der Waals surface area contributed by atoms with Gasteiger partial charge in [-0.25, -0.2) is 0 Å². The van der Waals surface area contributed by atoms with E-state index in [2.05, 4.69) is 33.0 Å². The summed E-state index contributed by atoms with van der Waals surface area (Å²) in [6, 6.07) is 9.50. The van der Waals surface area contributed by atoms with Crippen LogP contribution in [0, 0.1) is 35.2 Å². The monoisotopic (exact) mass is 778 g/mol. The largest absolute Gasteiger partial charge is 0.504 e. The number of allylic oxidation sites excluding steroid dienone is 2. The Kier molecular flexibility index (Phi) is 13.7. The number of ether oxygens (including phenoxy) is 4. The molecule has 2 aromatic carbocycles. The number of aryl methyl sites for hydroxylation is 1. The van der Waals surface area contributed by atoms with E-state index in [0.717, 1.165) is 49.0 Å². The number of carbonyl (C=O) groups is 1. The first-order chi connectivity index (χ1) is 26.2. The molecule has 6 atom stereocenters. The number of benzene rings is 2. The molecule has 4 bridgehead atoms. The van der Waals surface area contributed by atoms with E-state index >= 15 is 0 Å². The van der Waals surface area contributed by atoms with Crippen molar-refractivity contribution in [1.82, 2.24) is 10.6 Å². The number of nitrogens with zero attached hydrogens (tertiary/aromatic N) is 1. The van der Waals surface area contributed by atoms with Gasteiger partial charge in [0.25, 0.3) is 0 Å². The molecule has 0 radical (unpaired) electrons. The van der Waals surface area contributed by atoms with Gasteiger partial charge >= 0.3 is 0 Å². The number of rotatable bonds is 8. The molecule has 11 nitrogen and oxygen atoms in total.